The molecule has 11 heteroatoms. The molecule has 0 unspecified atom stereocenters. The molecule has 1 saturated heterocycles. The highest BCUT2D eigenvalue weighted by Gasteiger charge is 2.27. The smallest absolute Gasteiger partial charge is 0.243 e. The van der Waals surface area contributed by atoms with Crippen LogP contribution in [0.3, 0.4) is 0 Å². The third-order valence-corrected chi connectivity index (χ3v) is 9.58. The van der Waals surface area contributed by atoms with Gasteiger partial charge in [0.15, 0.2) is 0 Å². The second-order valence-corrected chi connectivity index (χ2v) is 11.8. The van der Waals surface area contributed by atoms with Gasteiger partial charge in [-0.3, -0.25) is 4.79 Å². The van der Waals surface area contributed by atoms with E-state index in [2.05, 4.69) is 5.32 Å². The minimum absolute atomic E-state index is 0.0897. The maximum atomic E-state index is 12.9. The van der Waals surface area contributed by atoms with Crippen molar-refractivity contribution < 1.29 is 26.4 Å². The number of likely N-dealkylation sites (N-methyl/N-ethyl adjacent to an activating group) is 1. The van der Waals surface area contributed by atoms with Crippen LogP contribution in [0, 0.1) is 0 Å². The zero-order chi connectivity index (χ0) is 24.8. The summed E-state index contributed by atoms with van der Waals surface area (Å²) in [6, 6.07) is 12.7. The highest BCUT2D eigenvalue weighted by molar-refractivity contribution is 7.89. The molecule has 1 aliphatic heterocycles. The summed E-state index contributed by atoms with van der Waals surface area (Å²) in [5.74, 6) is 0.133. The van der Waals surface area contributed by atoms with Crippen molar-refractivity contribution in [1.82, 2.24) is 13.9 Å². The van der Waals surface area contributed by atoms with Gasteiger partial charge in [-0.25, -0.2) is 16.8 Å². The Hall–Kier alpha value is -2.47. The van der Waals surface area contributed by atoms with Gasteiger partial charge in [-0.15, -0.1) is 0 Å². The van der Waals surface area contributed by atoms with Crippen molar-refractivity contribution in [2.75, 3.05) is 39.8 Å². The van der Waals surface area contributed by atoms with Crippen molar-refractivity contribution >= 4 is 26.0 Å². The SMILES string of the molecule is CCN(CC(=O)NCCc1ccc(S(=O)(=O)N2CCCC2)cc1)S(=O)(=O)c1ccc(OC)cc1. The van der Waals surface area contributed by atoms with Gasteiger partial charge in [0, 0.05) is 26.2 Å². The maximum absolute atomic E-state index is 12.9. The number of hydrogen-bond acceptors (Lipinski definition) is 6. The predicted molar refractivity (Wildman–Crippen MR) is 129 cm³/mol. The Bertz CT molecular complexity index is 1170. The van der Waals surface area contributed by atoms with E-state index in [1.807, 2.05) is 0 Å². The first-order valence-electron chi connectivity index (χ1n) is 11.2. The average Bonchev–Trinajstić information content (AvgIpc) is 3.39. The van der Waals surface area contributed by atoms with Crippen LogP contribution in [0.4, 0.5) is 0 Å². The number of rotatable bonds is 11. The summed E-state index contributed by atoms with van der Waals surface area (Å²) in [5.41, 5.74) is 0.874. The lowest BCUT2D eigenvalue weighted by molar-refractivity contribution is -0.121. The van der Waals surface area contributed by atoms with Gasteiger partial charge in [-0.1, -0.05) is 19.1 Å². The Morgan fingerprint density at radius 2 is 1.56 bits per heavy atom. The normalized spacial score (nSPS) is 14.9. The van der Waals surface area contributed by atoms with Crippen molar-refractivity contribution in [2.45, 2.75) is 36.0 Å². The first-order chi connectivity index (χ1) is 16.2. The second kappa shape index (κ2) is 11.3. The minimum atomic E-state index is -3.82. The number of amides is 1. The number of nitrogens with one attached hydrogen (secondary N) is 1. The lowest BCUT2D eigenvalue weighted by Gasteiger charge is -2.20. The van der Waals surface area contributed by atoms with Gasteiger partial charge in [0.2, 0.25) is 26.0 Å². The van der Waals surface area contributed by atoms with E-state index in [4.69, 9.17) is 4.74 Å². The van der Waals surface area contributed by atoms with E-state index in [1.54, 1.807) is 43.3 Å². The summed E-state index contributed by atoms with van der Waals surface area (Å²) >= 11 is 0. The van der Waals surface area contributed by atoms with Gasteiger partial charge < -0.3 is 10.1 Å². The molecule has 0 bridgehead atoms. The first-order valence-corrected chi connectivity index (χ1v) is 14.1. The second-order valence-electron chi connectivity index (χ2n) is 7.96. The molecule has 1 heterocycles. The number of methoxy groups -OCH3 is 1. The van der Waals surface area contributed by atoms with E-state index in [0.29, 0.717) is 31.8 Å². The molecule has 3 rings (SSSR count). The molecular formula is C23H31N3O6S2. The molecule has 0 aromatic heterocycles. The van der Waals surface area contributed by atoms with E-state index in [0.717, 1.165) is 22.7 Å². The molecule has 2 aromatic rings. The largest absolute Gasteiger partial charge is 0.497 e. The molecule has 1 amide bonds. The van der Waals surface area contributed by atoms with E-state index in [-0.39, 0.29) is 22.9 Å². The van der Waals surface area contributed by atoms with Gasteiger partial charge in [0.05, 0.1) is 23.4 Å². The lowest BCUT2D eigenvalue weighted by atomic mass is 10.1. The van der Waals surface area contributed by atoms with Crippen molar-refractivity contribution in [2.24, 2.45) is 0 Å². The molecule has 2 aromatic carbocycles. The Labute approximate surface area is 201 Å². The number of benzene rings is 2. The molecule has 0 spiro atoms. The number of hydrogen-bond donors (Lipinski definition) is 1. The van der Waals surface area contributed by atoms with Crippen molar-refractivity contribution in [3.63, 3.8) is 0 Å². The highest BCUT2D eigenvalue weighted by atomic mass is 32.2. The van der Waals surface area contributed by atoms with Crippen LogP contribution in [0.5, 0.6) is 5.75 Å². The van der Waals surface area contributed by atoms with Crippen LogP contribution in [-0.4, -0.2) is 71.2 Å². The molecule has 1 fully saturated rings. The van der Waals surface area contributed by atoms with Crippen LogP contribution in [0.15, 0.2) is 58.3 Å². The maximum Gasteiger partial charge on any atom is 0.243 e. The van der Waals surface area contributed by atoms with Crippen LogP contribution in [0.2, 0.25) is 0 Å². The van der Waals surface area contributed by atoms with Crippen LogP contribution >= 0.6 is 0 Å². The molecule has 1 aliphatic rings. The molecule has 9 nitrogen and oxygen atoms in total. The summed E-state index contributed by atoms with van der Waals surface area (Å²) in [7, 11) is -5.77. The summed E-state index contributed by atoms with van der Waals surface area (Å²) in [6.07, 6.45) is 2.26. The summed E-state index contributed by atoms with van der Waals surface area (Å²) in [6.45, 7) is 2.94. The monoisotopic (exact) mass is 509 g/mol. The molecule has 0 saturated carbocycles. The average molecular weight is 510 g/mol. The predicted octanol–water partition coefficient (Wildman–Crippen LogP) is 1.85. The van der Waals surface area contributed by atoms with Gasteiger partial charge in [0.1, 0.15) is 5.75 Å². The van der Waals surface area contributed by atoms with Gasteiger partial charge in [0.25, 0.3) is 0 Å². The summed E-state index contributed by atoms with van der Waals surface area (Å²) < 4.78 is 58.6. The Morgan fingerprint density at radius 1 is 0.971 bits per heavy atom. The van der Waals surface area contributed by atoms with Crippen LogP contribution < -0.4 is 10.1 Å². The third-order valence-electron chi connectivity index (χ3n) is 5.73. The molecule has 186 valence electrons. The van der Waals surface area contributed by atoms with Gasteiger partial charge in [-0.2, -0.15) is 8.61 Å². The number of carbonyl (C=O) groups excluding carboxylic acids is 1. The molecule has 0 aliphatic carbocycles. The van der Waals surface area contributed by atoms with E-state index >= 15 is 0 Å². The fourth-order valence-corrected chi connectivity index (χ4v) is 6.65. The molecule has 34 heavy (non-hydrogen) atoms. The van der Waals surface area contributed by atoms with Crippen LogP contribution in [-0.2, 0) is 31.3 Å². The fraction of sp³-hybridized carbons (Fsp3) is 0.435. The molecule has 1 N–H and O–H groups in total. The fourth-order valence-electron chi connectivity index (χ4n) is 3.73. The van der Waals surface area contributed by atoms with Crippen molar-refractivity contribution in [1.29, 1.82) is 0 Å². The van der Waals surface area contributed by atoms with E-state index in [9.17, 15) is 21.6 Å². The summed E-state index contributed by atoms with van der Waals surface area (Å²) in [4.78, 5) is 12.7. The van der Waals surface area contributed by atoms with Gasteiger partial charge >= 0.3 is 0 Å². The van der Waals surface area contributed by atoms with Crippen molar-refractivity contribution in [3.8, 4) is 5.75 Å². The first kappa shape index (κ1) is 26.1. The third kappa shape index (κ3) is 6.15. The lowest BCUT2D eigenvalue weighted by Crippen LogP contribution is -2.41. The van der Waals surface area contributed by atoms with Crippen molar-refractivity contribution in [3.05, 3.63) is 54.1 Å². The van der Waals surface area contributed by atoms with Crippen LogP contribution in [0.25, 0.3) is 0 Å². The topological polar surface area (TPSA) is 113 Å². The number of carbonyl (C=O) groups is 1. The molecule has 0 atom stereocenters. The zero-order valence-corrected chi connectivity index (χ0v) is 21.1. The number of sulfonamides is 2. The Morgan fingerprint density at radius 3 is 2.12 bits per heavy atom. The standard InChI is InChI=1S/C23H31N3O6S2/c1-3-25(33(28,29)22-12-8-20(32-2)9-13-22)18-23(27)24-15-14-19-6-10-21(11-7-19)34(30,31)26-16-4-5-17-26/h6-13H,3-5,14-18H2,1-2H3,(H,24,27). The zero-order valence-electron chi connectivity index (χ0n) is 19.4. The van der Waals surface area contributed by atoms with Crippen LogP contribution in [0.1, 0.15) is 25.3 Å². The van der Waals surface area contributed by atoms with E-state index in [1.165, 1.54) is 23.5 Å². The Balaban J connectivity index is 1.53. The number of nitrogens with zero attached hydrogens (tertiary/aromatic N) is 2. The highest BCUT2D eigenvalue weighted by Crippen LogP contribution is 2.21. The van der Waals surface area contributed by atoms with E-state index < -0.39 is 26.0 Å². The minimum Gasteiger partial charge on any atom is -0.497 e. The summed E-state index contributed by atoms with van der Waals surface area (Å²) in [5, 5.41) is 2.74. The molecular weight excluding hydrogens is 478 g/mol. The number of ether oxygens (including phenoxy) is 1. The van der Waals surface area contributed by atoms with Gasteiger partial charge in [-0.05, 0) is 61.2 Å². The quantitative estimate of drug-likeness (QED) is 0.495. The molecule has 0 radical (unpaired) electrons. The Kier molecular flexibility index (Phi) is 8.69.